The molecule has 2 aromatic carbocycles. The standard InChI is InChI=1S/C25H23N3O4S2/c1-16-13-19(32-2)10-11-20(16)23-17(15-28(26-23)18-7-4-3-5-8-18)14-21-24(31)27(25(33)34-21)12-6-9-22(29)30/h3-5,7-8,10-11,13-15H,6,9,12H2,1-2H3,(H,29,30). The Bertz CT molecular complexity index is 1280. The van der Waals surface area contributed by atoms with Crippen molar-refractivity contribution >= 4 is 46.3 Å². The number of carbonyl (C=O) groups excluding carboxylic acids is 1. The fourth-order valence-corrected chi connectivity index (χ4v) is 4.97. The number of aromatic nitrogens is 2. The topological polar surface area (TPSA) is 84.7 Å². The van der Waals surface area contributed by atoms with E-state index in [1.807, 2.05) is 67.7 Å². The smallest absolute Gasteiger partial charge is 0.303 e. The lowest BCUT2D eigenvalue weighted by molar-refractivity contribution is -0.137. The van der Waals surface area contributed by atoms with E-state index in [0.29, 0.717) is 15.6 Å². The molecular weight excluding hydrogens is 470 g/mol. The second-order valence-electron chi connectivity index (χ2n) is 7.72. The van der Waals surface area contributed by atoms with E-state index in [-0.39, 0.29) is 18.9 Å². The molecule has 0 atom stereocenters. The highest BCUT2D eigenvalue weighted by atomic mass is 32.2. The summed E-state index contributed by atoms with van der Waals surface area (Å²) in [6, 6.07) is 15.5. The summed E-state index contributed by atoms with van der Waals surface area (Å²) >= 11 is 6.61. The molecule has 0 radical (unpaired) electrons. The first-order chi connectivity index (χ1) is 16.4. The van der Waals surface area contributed by atoms with Gasteiger partial charge in [0.15, 0.2) is 0 Å². The van der Waals surface area contributed by atoms with Gasteiger partial charge in [-0.1, -0.05) is 42.2 Å². The van der Waals surface area contributed by atoms with Crippen LogP contribution in [-0.2, 0) is 9.59 Å². The van der Waals surface area contributed by atoms with Crippen molar-refractivity contribution in [1.82, 2.24) is 14.7 Å². The van der Waals surface area contributed by atoms with Crippen LogP contribution >= 0.6 is 24.0 Å². The Morgan fingerprint density at radius 2 is 2.00 bits per heavy atom. The number of hydrogen-bond acceptors (Lipinski definition) is 6. The van der Waals surface area contributed by atoms with E-state index in [1.165, 1.54) is 16.7 Å². The summed E-state index contributed by atoms with van der Waals surface area (Å²) in [6.07, 6.45) is 4.03. The average Bonchev–Trinajstić information content (AvgIpc) is 3.35. The molecule has 4 rings (SSSR count). The van der Waals surface area contributed by atoms with E-state index in [2.05, 4.69) is 0 Å². The first-order valence-electron chi connectivity index (χ1n) is 10.6. The minimum absolute atomic E-state index is 0.0130. The molecule has 34 heavy (non-hydrogen) atoms. The van der Waals surface area contributed by atoms with E-state index >= 15 is 0 Å². The number of benzene rings is 2. The van der Waals surface area contributed by atoms with Crippen molar-refractivity contribution in [3.63, 3.8) is 0 Å². The van der Waals surface area contributed by atoms with Gasteiger partial charge in [0.05, 0.1) is 17.7 Å². The molecule has 3 aromatic rings. The number of ether oxygens (including phenoxy) is 1. The van der Waals surface area contributed by atoms with Gasteiger partial charge in [-0.3, -0.25) is 14.5 Å². The molecule has 1 aromatic heterocycles. The number of rotatable bonds is 8. The number of nitrogens with zero attached hydrogens (tertiary/aromatic N) is 3. The zero-order valence-corrected chi connectivity index (χ0v) is 20.4. The third-order valence-electron chi connectivity index (χ3n) is 5.38. The molecule has 1 aliphatic rings. The molecular formula is C25H23N3O4S2. The van der Waals surface area contributed by atoms with Crippen LogP contribution in [0, 0.1) is 6.92 Å². The fraction of sp³-hybridized carbons (Fsp3) is 0.200. The zero-order chi connectivity index (χ0) is 24.2. The number of carboxylic acids is 1. The van der Waals surface area contributed by atoms with E-state index in [1.54, 1.807) is 11.8 Å². The maximum absolute atomic E-state index is 13.0. The summed E-state index contributed by atoms with van der Waals surface area (Å²) in [4.78, 5) is 25.8. The Morgan fingerprint density at radius 1 is 1.24 bits per heavy atom. The van der Waals surface area contributed by atoms with E-state index in [0.717, 1.165) is 33.8 Å². The normalized spacial score (nSPS) is 14.8. The van der Waals surface area contributed by atoms with Crippen molar-refractivity contribution in [1.29, 1.82) is 0 Å². The number of aryl methyl sites for hydroxylation is 1. The number of carbonyl (C=O) groups is 2. The van der Waals surface area contributed by atoms with Gasteiger partial charge < -0.3 is 9.84 Å². The molecule has 174 valence electrons. The van der Waals surface area contributed by atoms with Gasteiger partial charge in [-0.15, -0.1) is 0 Å². The number of aliphatic carboxylic acids is 1. The predicted octanol–water partition coefficient (Wildman–Crippen LogP) is 4.92. The molecule has 0 saturated carbocycles. The van der Waals surface area contributed by atoms with Gasteiger partial charge in [0.25, 0.3) is 5.91 Å². The SMILES string of the molecule is COc1ccc(-c2nn(-c3ccccc3)cc2C=C2SC(=S)N(CCCC(=O)O)C2=O)c(C)c1. The summed E-state index contributed by atoms with van der Waals surface area (Å²) < 4.78 is 7.56. The van der Waals surface area contributed by atoms with E-state index < -0.39 is 5.97 Å². The van der Waals surface area contributed by atoms with Crippen LogP contribution in [0.5, 0.6) is 5.75 Å². The molecule has 0 spiro atoms. The summed E-state index contributed by atoms with van der Waals surface area (Å²) in [5, 5.41) is 13.7. The minimum Gasteiger partial charge on any atom is -0.497 e. The van der Waals surface area contributed by atoms with Gasteiger partial charge in [-0.25, -0.2) is 4.68 Å². The van der Waals surface area contributed by atoms with Crippen LogP contribution in [0.2, 0.25) is 0 Å². The number of methoxy groups -OCH3 is 1. The lowest BCUT2D eigenvalue weighted by Crippen LogP contribution is -2.29. The third-order valence-corrected chi connectivity index (χ3v) is 6.76. The highest BCUT2D eigenvalue weighted by Gasteiger charge is 2.32. The summed E-state index contributed by atoms with van der Waals surface area (Å²) in [6.45, 7) is 2.27. The van der Waals surface area contributed by atoms with Crippen LogP contribution in [0.25, 0.3) is 23.0 Å². The van der Waals surface area contributed by atoms with Crippen molar-refractivity contribution in [2.75, 3.05) is 13.7 Å². The monoisotopic (exact) mass is 493 g/mol. The van der Waals surface area contributed by atoms with E-state index in [4.69, 9.17) is 27.2 Å². The van der Waals surface area contributed by atoms with Crippen molar-refractivity contribution in [3.8, 4) is 22.7 Å². The lowest BCUT2D eigenvalue weighted by atomic mass is 10.0. The second kappa shape index (κ2) is 10.2. The first-order valence-corrected chi connectivity index (χ1v) is 11.9. The number of thiocarbonyl (C=S) groups is 1. The number of thioether (sulfide) groups is 1. The van der Waals surface area contributed by atoms with Crippen LogP contribution in [0.15, 0.2) is 59.6 Å². The highest BCUT2D eigenvalue weighted by molar-refractivity contribution is 8.26. The van der Waals surface area contributed by atoms with Crippen LogP contribution in [0.4, 0.5) is 0 Å². The van der Waals surface area contributed by atoms with Crippen molar-refractivity contribution in [2.45, 2.75) is 19.8 Å². The Labute approximate surface area is 207 Å². The Kier molecular flexibility index (Phi) is 7.14. The van der Waals surface area contributed by atoms with Crippen LogP contribution in [-0.4, -0.2) is 49.6 Å². The average molecular weight is 494 g/mol. The summed E-state index contributed by atoms with van der Waals surface area (Å²) in [5.74, 6) is -0.355. The van der Waals surface area contributed by atoms with Crippen molar-refractivity contribution < 1.29 is 19.4 Å². The van der Waals surface area contributed by atoms with Gasteiger partial charge in [0.1, 0.15) is 15.8 Å². The van der Waals surface area contributed by atoms with Gasteiger partial charge in [0.2, 0.25) is 0 Å². The Hall–Kier alpha value is -3.43. The zero-order valence-electron chi connectivity index (χ0n) is 18.7. The number of para-hydroxylation sites is 1. The van der Waals surface area contributed by atoms with Crippen LogP contribution in [0.1, 0.15) is 24.0 Å². The maximum Gasteiger partial charge on any atom is 0.303 e. The minimum atomic E-state index is -0.895. The summed E-state index contributed by atoms with van der Waals surface area (Å²) in [7, 11) is 1.63. The molecule has 1 saturated heterocycles. The predicted molar refractivity (Wildman–Crippen MR) is 137 cm³/mol. The molecule has 1 fully saturated rings. The largest absolute Gasteiger partial charge is 0.497 e. The maximum atomic E-state index is 13.0. The molecule has 0 aliphatic carbocycles. The third kappa shape index (κ3) is 5.05. The Balaban J connectivity index is 1.73. The first kappa shape index (κ1) is 23.7. The fourth-order valence-electron chi connectivity index (χ4n) is 3.67. The molecule has 1 amide bonds. The molecule has 2 heterocycles. The molecule has 0 unspecified atom stereocenters. The van der Waals surface area contributed by atoms with Gasteiger partial charge in [-0.2, -0.15) is 5.10 Å². The number of hydrogen-bond donors (Lipinski definition) is 1. The molecule has 0 bridgehead atoms. The molecule has 7 nitrogen and oxygen atoms in total. The van der Waals surface area contributed by atoms with Crippen LogP contribution in [0.3, 0.4) is 0 Å². The summed E-state index contributed by atoms with van der Waals surface area (Å²) in [5.41, 5.74) is 4.34. The molecule has 1 N–H and O–H groups in total. The quantitative estimate of drug-likeness (QED) is 0.352. The number of carboxylic acid groups (broad SMARTS) is 1. The highest BCUT2D eigenvalue weighted by Crippen LogP contribution is 2.36. The Morgan fingerprint density at radius 3 is 2.68 bits per heavy atom. The van der Waals surface area contributed by atoms with Crippen molar-refractivity contribution in [2.24, 2.45) is 0 Å². The van der Waals surface area contributed by atoms with Gasteiger partial charge in [-0.05, 0) is 55.3 Å². The second-order valence-corrected chi connectivity index (χ2v) is 9.40. The molecule has 1 aliphatic heterocycles. The van der Waals surface area contributed by atoms with Crippen molar-refractivity contribution in [3.05, 3.63) is 70.8 Å². The molecule has 9 heteroatoms. The van der Waals surface area contributed by atoms with Gasteiger partial charge >= 0.3 is 5.97 Å². The van der Waals surface area contributed by atoms with Crippen LogP contribution < -0.4 is 4.74 Å². The van der Waals surface area contributed by atoms with E-state index in [9.17, 15) is 9.59 Å². The number of amides is 1. The van der Waals surface area contributed by atoms with Gasteiger partial charge in [0, 0.05) is 30.3 Å². The lowest BCUT2D eigenvalue weighted by Gasteiger charge is -2.13.